The van der Waals surface area contributed by atoms with E-state index in [1.165, 1.54) is 26.4 Å². The third-order valence-electron chi connectivity index (χ3n) is 3.69. The summed E-state index contributed by atoms with van der Waals surface area (Å²) in [6, 6.07) is 9.05. The molecule has 0 unspecified atom stereocenters. The van der Waals surface area contributed by atoms with Crippen LogP contribution in [0.4, 0.5) is 0 Å². The van der Waals surface area contributed by atoms with E-state index in [0.717, 1.165) is 18.7 Å². The van der Waals surface area contributed by atoms with E-state index in [-0.39, 0.29) is 5.97 Å². The molecule has 0 radical (unpaired) electrons. The summed E-state index contributed by atoms with van der Waals surface area (Å²) in [4.78, 5) is 13.7. The Morgan fingerprint density at radius 3 is 2.41 bits per heavy atom. The van der Waals surface area contributed by atoms with Crippen molar-refractivity contribution in [2.45, 2.75) is 19.3 Å². The summed E-state index contributed by atoms with van der Waals surface area (Å²) in [6.07, 6.45) is 9.53. The Labute approximate surface area is 131 Å². The SMILES string of the molecule is COC(=O)c1ccc(/C(C#N)=C\C=C\N2CCCCC2)cc1. The molecule has 114 valence electrons. The summed E-state index contributed by atoms with van der Waals surface area (Å²) < 4.78 is 4.66. The van der Waals surface area contributed by atoms with Gasteiger partial charge in [-0.05, 0) is 55.3 Å². The Hall–Kier alpha value is -2.54. The number of piperidine rings is 1. The van der Waals surface area contributed by atoms with Crippen LogP contribution in [0, 0.1) is 11.3 Å². The molecule has 1 saturated heterocycles. The van der Waals surface area contributed by atoms with Crippen molar-refractivity contribution in [3.05, 3.63) is 53.7 Å². The van der Waals surface area contributed by atoms with Crippen LogP contribution in [0.25, 0.3) is 5.57 Å². The van der Waals surface area contributed by atoms with Gasteiger partial charge in [-0.2, -0.15) is 5.26 Å². The predicted octanol–water partition coefficient (Wildman–Crippen LogP) is 3.38. The first kappa shape index (κ1) is 15.8. The van der Waals surface area contributed by atoms with Crippen molar-refractivity contribution >= 4 is 11.5 Å². The molecule has 22 heavy (non-hydrogen) atoms. The van der Waals surface area contributed by atoms with Crippen LogP contribution in [-0.2, 0) is 4.74 Å². The molecule has 2 rings (SSSR count). The number of likely N-dealkylation sites (tertiary alicyclic amines) is 1. The minimum atomic E-state index is -0.376. The second kappa shape index (κ2) is 8.04. The number of nitriles is 1. The van der Waals surface area contributed by atoms with E-state index in [1.54, 1.807) is 24.3 Å². The van der Waals surface area contributed by atoms with Gasteiger partial charge in [0.1, 0.15) is 0 Å². The molecule has 1 aliphatic heterocycles. The molecule has 0 spiro atoms. The molecule has 0 amide bonds. The van der Waals surface area contributed by atoms with E-state index >= 15 is 0 Å². The van der Waals surface area contributed by atoms with Crippen molar-refractivity contribution in [3.63, 3.8) is 0 Å². The van der Waals surface area contributed by atoms with Crippen LogP contribution in [-0.4, -0.2) is 31.1 Å². The summed E-state index contributed by atoms with van der Waals surface area (Å²) in [6.45, 7) is 2.17. The highest BCUT2D eigenvalue weighted by Gasteiger charge is 2.07. The van der Waals surface area contributed by atoms with Gasteiger partial charge in [0.05, 0.1) is 24.3 Å². The zero-order chi connectivity index (χ0) is 15.8. The number of ether oxygens (including phenoxy) is 1. The lowest BCUT2D eigenvalue weighted by atomic mass is 10.0. The van der Waals surface area contributed by atoms with Gasteiger partial charge in [0.25, 0.3) is 0 Å². The highest BCUT2D eigenvalue weighted by Crippen LogP contribution is 2.16. The number of nitrogens with zero attached hydrogens (tertiary/aromatic N) is 2. The Kier molecular flexibility index (Phi) is 5.79. The van der Waals surface area contributed by atoms with Crippen LogP contribution in [0.2, 0.25) is 0 Å². The first-order chi connectivity index (χ1) is 10.7. The standard InChI is InChI=1S/C18H20N2O2/c1-22-18(21)16-9-7-15(8-10-16)17(14-19)6-5-13-20-11-3-2-4-12-20/h5-10,13H,2-4,11-12H2,1H3/b13-5+,17-6-. The molecule has 1 heterocycles. The Balaban J connectivity index is 2.07. The summed E-state index contributed by atoms with van der Waals surface area (Å²) in [5.74, 6) is -0.376. The van der Waals surface area contributed by atoms with Crippen LogP contribution in [0.15, 0.2) is 42.6 Å². The van der Waals surface area contributed by atoms with Crippen molar-refractivity contribution in [2.24, 2.45) is 0 Å². The number of methoxy groups -OCH3 is 1. The quantitative estimate of drug-likeness (QED) is 0.485. The van der Waals surface area contributed by atoms with Gasteiger partial charge < -0.3 is 9.64 Å². The molecule has 4 nitrogen and oxygen atoms in total. The molecule has 0 aliphatic carbocycles. The molecule has 4 heteroatoms. The fraction of sp³-hybridized carbons (Fsp3) is 0.333. The summed E-state index contributed by atoms with van der Waals surface area (Å²) in [5, 5.41) is 9.28. The number of rotatable bonds is 4. The number of hydrogen-bond donors (Lipinski definition) is 0. The molecule has 0 bridgehead atoms. The average molecular weight is 296 g/mol. The normalized spacial score (nSPS) is 15.6. The van der Waals surface area contributed by atoms with Crippen LogP contribution in [0.5, 0.6) is 0 Å². The van der Waals surface area contributed by atoms with Crippen LogP contribution < -0.4 is 0 Å². The Morgan fingerprint density at radius 2 is 1.82 bits per heavy atom. The number of carbonyl (C=O) groups excluding carboxylic acids is 1. The van der Waals surface area contributed by atoms with Gasteiger partial charge in [0.15, 0.2) is 0 Å². The molecular weight excluding hydrogens is 276 g/mol. The molecule has 0 aromatic heterocycles. The van der Waals surface area contributed by atoms with Crippen molar-refractivity contribution in [1.29, 1.82) is 5.26 Å². The van der Waals surface area contributed by atoms with Crippen LogP contribution in [0.3, 0.4) is 0 Å². The van der Waals surface area contributed by atoms with E-state index in [9.17, 15) is 10.1 Å². The third-order valence-corrected chi connectivity index (χ3v) is 3.69. The first-order valence-corrected chi connectivity index (χ1v) is 7.46. The smallest absolute Gasteiger partial charge is 0.337 e. The molecular formula is C18H20N2O2. The molecule has 1 fully saturated rings. The summed E-state index contributed by atoms with van der Waals surface area (Å²) in [7, 11) is 1.35. The van der Waals surface area contributed by atoms with E-state index < -0.39 is 0 Å². The molecule has 1 aromatic carbocycles. The number of benzene rings is 1. The lowest BCUT2D eigenvalue weighted by Crippen LogP contribution is -2.23. The van der Waals surface area contributed by atoms with Gasteiger partial charge in [-0.1, -0.05) is 12.1 Å². The van der Waals surface area contributed by atoms with Crippen molar-refractivity contribution in [3.8, 4) is 6.07 Å². The maximum absolute atomic E-state index is 11.4. The Bertz CT molecular complexity index is 603. The monoisotopic (exact) mass is 296 g/mol. The molecule has 1 aliphatic rings. The Morgan fingerprint density at radius 1 is 1.18 bits per heavy atom. The molecule has 0 atom stereocenters. The number of allylic oxidation sites excluding steroid dienone is 3. The average Bonchev–Trinajstić information content (AvgIpc) is 2.59. The second-order valence-electron chi connectivity index (χ2n) is 5.20. The minimum absolute atomic E-state index is 0.376. The lowest BCUT2D eigenvalue weighted by Gasteiger charge is -2.24. The fourth-order valence-electron chi connectivity index (χ4n) is 2.43. The highest BCUT2D eigenvalue weighted by molar-refractivity contribution is 5.90. The van der Waals surface area contributed by atoms with Crippen molar-refractivity contribution in [1.82, 2.24) is 4.90 Å². The highest BCUT2D eigenvalue weighted by atomic mass is 16.5. The first-order valence-electron chi connectivity index (χ1n) is 7.46. The zero-order valence-corrected chi connectivity index (χ0v) is 12.8. The van der Waals surface area contributed by atoms with E-state index in [0.29, 0.717) is 11.1 Å². The van der Waals surface area contributed by atoms with Gasteiger partial charge in [-0.25, -0.2) is 4.79 Å². The van der Waals surface area contributed by atoms with Gasteiger partial charge in [-0.3, -0.25) is 0 Å². The maximum atomic E-state index is 11.4. The maximum Gasteiger partial charge on any atom is 0.337 e. The van der Waals surface area contributed by atoms with Crippen LogP contribution in [0.1, 0.15) is 35.2 Å². The van der Waals surface area contributed by atoms with Gasteiger partial charge in [-0.15, -0.1) is 0 Å². The van der Waals surface area contributed by atoms with E-state index in [1.807, 2.05) is 18.4 Å². The topological polar surface area (TPSA) is 53.3 Å². The molecule has 0 N–H and O–H groups in total. The largest absolute Gasteiger partial charge is 0.465 e. The molecule has 0 saturated carbocycles. The third kappa shape index (κ3) is 4.23. The van der Waals surface area contributed by atoms with Crippen LogP contribution >= 0.6 is 0 Å². The van der Waals surface area contributed by atoms with E-state index in [2.05, 4.69) is 15.7 Å². The fourth-order valence-corrected chi connectivity index (χ4v) is 2.43. The molecule has 1 aromatic rings. The number of carbonyl (C=O) groups is 1. The summed E-state index contributed by atoms with van der Waals surface area (Å²) >= 11 is 0. The predicted molar refractivity (Wildman–Crippen MR) is 85.9 cm³/mol. The number of hydrogen-bond acceptors (Lipinski definition) is 4. The van der Waals surface area contributed by atoms with E-state index in [4.69, 9.17) is 0 Å². The van der Waals surface area contributed by atoms with Gasteiger partial charge >= 0.3 is 5.97 Å². The summed E-state index contributed by atoms with van der Waals surface area (Å²) in [5.41, 5.74) is 1.84. The van der Waals surface area contributed by atoms with Gasteiger partial charge in [0.2, 0.25) is 0 Å². The van der Waals surface area contributed by atoms with Gasteiger partial charge in [0, 0.05) is 13.1 Å². The van der Waals surface area contributed by atoms with Crippen molar-refractivity contribution in [2.75, 3.05) is 20.2 Å². The second-order valence-corrected chi connectivity index (χ2v) is 5.20. The lowest BCUT2D eigenvalue weighted by molar-refractivity contribution is 0.0600. The number of esters is 1. The minimum Gasteiger partial charge on any atom is -0.465 e. The zero-order valence-electron chi connectivity index (χ0n) is 12.8. The van der Waals surface area contributed by atoms with Crippen molar-refractivity contribution < 1.29 is 9.53 Å².